The molecule has 1 fully saturated rings. The van der Waals surface area contributed by atoms with Crippen LogP contribution in [0.4, 0.5) is 6.01 Å². The predicted molar refractivity (Wildman–Crippen MR) is 67.0 cm³/mol. The van der Waals surface area contributed by atoms with Crippen molar-refractivity contribution in [3.8, 4) is 0 Å². The summed E-state index contributed by atoms with van der Waals surface area (Å²) >= 11 is 0. The fourth-order valence-corrected chi connectivity index (χ4v) is 2.26. The minimum atomic E-state index is -0.449. The van der Waals surface area contributed by atoms with Crippen LogP contribution in [0.25, 0.3) is 0 Å². The van der Waals surface area contributed by atoms with Crippen molar-refractivity contribution in [3.05, 3.63) is 5.89 Å². The summed E-state index contributed by atoms with van der Waals surface area (Å²) in [5, 5.41) is 13.5. The van der Waals surface area contributed by atoms with Crippen molar-refractivity contribution >= 4 is 11.9 Å². The van der Waals surface area contributed by atoms with E-state index in [-0.39, 0.29) is 11.9 Å². The number of nitrogens with zero attached hydrogens (tertiary/aromatic N) is 2. The standard InChI is InChI=1S/C12H20N4O2/c1-8-15-16-11(18-8)14-10(17)12(2,3)9-5-4-6-13-7-9/h9,13H,4-7H2,1-3H3,(H,14,16,17). The monoisotopic (exact) mass is 252 g/mol. The van der Waals surface area contributed by atoms with Crippen LogP contribution in [0.3, 0.4) is 0 Å². The fraction of sp³-hybridized carbons (Fsp3) is 0.750. The van der Waals surface area contributed by atoms with E-state index in [0.717, 1.165) is 25.9 Å². The smallest absolute Gasteiger partial charge is 0.322 e. The normalized spacial score (nSPS) is 20.7. The van der Waals surface area contributed by atoms with Crippen LogP contribution in [0.1, 0.15) is 32.6 Å². The number of aromatic nitrogens is 2. The van der Waals surface area contributed by atoms with Crippen LogP contribution in [-0.4, -0.2) is 29.2 Å². The highest BCUT2D eigenvalue weighted by atomic mass is 16.4. The molecule has 1 saturated heterocycles. The SMILES string of the molecule is Cc1nnc(NC(=O)C(C)(C)C2CCCNC2)o1. The van der Waals surface area contributed by atoms with E-state index >= 15 is 0 Å². The Balaban J connectivity index is 2.02. The topological polar surface area (TPSA) is 80.0 Å². The first-order chi connectivity index (χ1) is 8.50. The van der Waals surface area contributed by atoms with E-state index in [4.69, 9.17) is 4.42 Å². The Morgan fingerprint density at radius 2 is 2.28 bits per heavy atom. The van der Waals surface area contributed by atoms with Crippen LogP contribution >= 0.6 is 0 Å². The second-order valence-electron chi connectivity index (χ2n) is 5.35. The van der Waals surface area contributed by atoms with Gasteiger partial charge < -0.3 is 9.73 Å². The molecule has 2 heterocycles. The summed E-state index contributed by atoms with van der Waals surface area (Å²) in [5.74, 6) is 0.706. The average molecular weight is 252 g/mol. The third kappa shape index (κ3) is 2.69. The number of piperidine rings is 1. The number of aryl methyl sites for hydroxylation is 1. The van der Waals surface area contributed by atoms with E-state index in [2.05, 4.69) is 20.8 Å². The van der Waals surface area contributed by atoms with Crippen LogP contribution in [0.5, 0.6) is 0 Å². The molecule has 100 valence electrons. The van der Waals surface area contributed by atoms with Crippen molar-refractivity contribution in [2.45, 2.75) is 33.6 Å². The number of nitrogens with one attached hydrogen (secondary N) is 2. The van der Waals surface area contributed by atoms with Gasteiger partial charge >= 0.3 is 6.01 Å². The van der Waals surface area contributed by atoms with Crippen molar-refractivity contribution in [1.82, 2.24) is 15.5 Å². The lowest BCUT2D eigenvalue weighted by atomic mass is 9.74. The van der Waals surface area contributed by atoms with Crippen LogP contribution in [0.2, 0.25) is 0 Å². The third-order valence-corrected chi connectivity index (χ3v) is 3.65. The molecule has 0 saturated carbocycles. The van der Waals surface area contributed by atoms with Gasteiger partial charge in [-0.05, 0) is 31.8 Å². The highest BCUT2D eigenvalue weighted by Gasteiger charge is 2.37. The number of hydrogen-bond acceptors (Lipinski definition) is 5. The van der Waals surface area contributed by atoms with E-state index in [0.29, 0.717) is 11.8 Å². The van der Waals surface area contributed by atoms with Crippen molar-refractivity contribution in [2.75, 3.05) is 18.4 Å². The number of rotatable bonds is 3. The summed E-state index contributed by atoms with van der Waals surface area (Å²) in [7, 11) is 0. The molecular formula is C12H20N4O2. The molecule has 1 unspecified atom stereocenters. The van der Waals surface area contributed by atoms with Crippen LogP contribution in [-0.2, 0) is 4.79 Å². The van der Waals surface area contributed by atoms with Crippen LogP contribution < -0.4 is 10.6 Å². The van der Waals surface area contributed by atoms with E-state index in [1.807, 2.05) is 13.8 Å². The first-order valence-corrected chi connectivity index (χ1v) is 6.32. The summed E-state index contributed by atoms with van der Waals surface area (Å²) in [4.78, 5) is 12.3. The van der Waals surface area contributed by atoms with Gasteiger partial charge in [-0.15, -0.1) is 5.10 Å². The van der Waals surface area contributed by atoms with E-state index in [1.54, 1.807) is 6.92 Å². The van der Waals surface area contributed by atoms with Gasteiger partial charge in [-0.3, -0.25) is 10.1 Å². The van der Waals surface area contributed by atoms with Crippen molar-refractivity contribution in [1.29, 1.82) is 0 Å². The van der Waals surface area contributed by atoms with E-state index < -0.39 is 5.41 Å². The summed E-state index contributed by atoms with van der Waals surface area (Å²) in [6.45, 7) is 7.53. The van der Waals surface area contributed by atoms with Gasteiger partial charge in [-0.1, -0.05) is 18.9 Å². The molecule has 1 aliphatic rings. The van der Waals surface area contributed by atoms with Crippen molar-refractivity contribution in [3.63, 3.8) is 0 Å². The quantitative estimate of drug-likeness (QED) is 0.848. The molecule has 1 aromatic heterocycles. The zero-order valence-corrected chi connectivity index (χ0v) is 11.1. The molecule has 0 aromatic carbocycles. The number of hydrogen-bond donors (Lipinski definition) is 2. The molecule has 2 N–H and O–H groups in total. The maximum Gasteiger partial charge on any atom is 0.322 e. The molecule has 0 spiro atoms. The maximum absolute atomic E-state index is 12.3. The van der Waals surface area contributed by atoms with Gasteiger partial charge in [0.1, 0.15) is 0 Å². The van der Waals surface area contributed by atoms with Crippen molar-refractivity contribution < 1.29 is 9.21 Å². The summed E-state index contributed by atoms with van der Waals surface area (Å²) in [5.41, 5.74) is -0.449. The maximum atomic E-state index is 12.3. The Bertz CT molecular complexity index is 421. The Morgan fingerprint density at radius 3 is 2.83 bits per heavy atom. The number of anilines is 1. The molecule has 0 bridgehead atoms. The van der Waals surface area contributed by atoms with E-state index in [1.165, 1.54) is 0 Å². The fourth-order valence-electron chi connectivity index (χ4n) is 2.26. The summed E-state index contributed by atoms with van der Waals surface area (Å²) in [6, 6.07) is 0.175. The second kappa shape index (κ2) is 5.06. The largest absolute Gasteiger partial charge is 0.408 e. The second-order valence-corrected chi connectivity index (χ2v) is 5.35. The van der Waals surface area contributed by atoms with Gasteiger partial charge in [0, 0.05) is 12.3 Å². The number of carbonyl (C=O) groups is 1. The highest BCUT2D eigenvalue weighted by Crippen LogP contribution is 2.32. The van der Waals surface area contributed by atoms with Gasteiger partial charge in [-0.2, -0.15) is 0 Å². The molecule has 0 radical (unpaired) electrons. The van der Waals surface area contributed by atoms with Gasteiger partial charge in [0.2, 0.25) is 11.8 Å². The lowest BCUT2D eigenvalue weighted by Crippen LogP contribution is -2.44. The molecule has 1 aliphatic heterocycles. The Labute approximate surface area is 107 Å². The predicted octanol–water partition coefficient (Wildman–Crippen LogP) is 1.34. The zero-order chi connectivity index (χ0) is 13.2. The highest BCUT2D eigenvalue weighted by molar-refractivity contribution is 5.93. The number of amides is 1. The molecule has 6 nitrogen and oxygen atoms in total. The van der Waals surface area contributed by atoms with Gasteiger partial charge in [-0.25, -0.2) is 0 Å². The number of carbonyl (C=O) groups excluding carboxylic acids is 1. The Morgan fingerprint density at radius 1 is 1.50 bits per heavy atom. The van der Waals surface area contributed by atoms with Crippen molar-refractivity contribution in [2.24, 2.45) is 11.3 Å². The van der Waals surface area contributed by atoms with E-state index in [9.17, 15) is 4.79 Å². The third-order valence-electron chi connectivity index (χ3n) is 3.65. The zero-order valence-electron chi connectivity index (χ0n) is 11.1. The first kappa shape index (κ1) is 13.0. The molecule has 1 amide bonds. The van der Waals surface area contributed by atoms with Gasteiger partial charge in [0.05, 0.1) is 0 Å². The lowest BCUT2D eigenvalue weighted by molar-refractivity contribution is -0.127. The Kier molecular flexibility index (Phi) is 3.65. The first-order valence-electron chi connectivity index (χ1n) is 6.32. The molecule has 1 atom stereocenters. The molecule has 1 aromatic rings. The Hall–Kier alpha value is -1.43. The lowest BCUT2D eigenvalue weighted by Gasteiger charge is -2.35. The average Bonchev–Trinajstić information content (AvgIpc) is 2.76. The molecular weight excluding hydrogens is 232 g/mol. The summed E-state index contributed by atoms with van der Waals surface area (Å²) < 4.78 is 5.17. The van der Waals surface area contributed by atoms with Crippen LogP contribution in [0.15, 0.2) is 4.42 Å². The minimum Gasteiger partial charge on any atom is -0.408 e. The van der Waals surface area contributed by atoms with Gasteiger partial charge in [0.25, 0.3) is 0 Å². The summed E-state index contributed by atoms with van der Waals surface area (Å²) in [6.07, 6.45) is 2.18. The van der Waals surface area contributed by atoms with Crippen LogP contribution in [0, 0.1) is 18.3 Å². The van der Waals surface area contributed by atoms with Gasteiger partial charge in [0.15, 0.2) is 0 Å². The minimum absolute atomic E-state index is 0.0696. The molecule has 2 rings (SSSR count). The molecule has 6 heteroatoms. The molecule has 18 heavy (non-hydrogen) atoms. The molecule has 0 aliphatic carbocycles.